The van der Waals surface area contributed by atoms with Crippen molar-refractivity contribution in [2.75, 3.05) is 13.1 Å². The molecule has 2 heterocycles. The van der Waals surface area contributed by atoms with E-state index in [2.05, 4.69) is 26.5 Å². The first-order valence-electron chi connectivity index (χ1n) is 8.14. The van der Waals surface area contributed by atoms with E-state index in [9.17, 15) is 8.42 Å². The molecule has 1 unspecified atom stereocenters. The number of nitrogens with one attached hydrogen (secondary N) is 2. The Morgan fingerprint density at radius 3 is 2.81 bits per heavy atom. The summed E-state index contributed by atoms with van der Waals surface area (Å²) in [5.74, 6) is 0. The Labute approximate surface area is 164 Å². The molecule has 26 heavy (non-hydrogen) atoms. The minimum absolute atomic E-state index is 0. The zero-order valence-corrected chi connectivity index (χ0v) is 16.8. The van der Waals surface area contributed by atoms with Crippen LogP contribution in [0.25, 0.3) is 10.8 Å². The lowest BCUT2D eigenvalue weighted by atomic mass is 10.2. The van der Waals surface area contributed by atoms with E-state index in [1.54, 1.807) is 41.9 Å². The van der Waals surface area contributed by atoms with E-state index in [1.807, 2.05) is 19.1 Å². The van der Waals surface area contributed by atoms with Crippen LogP contribution in [0.15, 0.2) is 59.1 Å². The molecule has 0 aliphatic rings. The first-order chi connectivity index (χ1) is 12.0. The SMILES string of the molecule is CC(CNCCc1cccs1)NS(=O)(=O)c1ccc2cnccc2c1.Cl. The zero-order valence-electron chi connectivity index (χ0n) is 14.4. The molecule has 0 aliphatic heterocycles. The van der Waals surface area contributed by atoms with Crippen LogP contribution in [0, 0.1) is 0 Å². The summed E-state index contributed by atoms with van der Waals surface area (Å²) in [6, 6.07) is 10.8. The van der Waals surface area contributed by atoms with Crippen molar-refractivity contribution in [2.45, 2.75) is 24.3 Å². The third-order valence-corrected chi connectivity index (χ3v) is 6.38. The molecule has 2 aromatic heterocycles. The number of hydrogen-bond acceptors (Lipinski definition) is 5. The molecule has 140 valence electrons. The molecule has 8 heteroatoms. The molecule has 3 rings (SSSR count). The molecule has 0 fully saturated rings. The van der Waals surface area contributed by atoms with E-state index in [0.29, 0.717) is 6.54 Å². The normalized spacial score (nSPS) is 12.7. The highest BCUT2D eigenvalue weighted by atomic mass is 35.5. The molecule has 0 amide bonds. The van der Waals surface area contributed by atoms with Gasteiger partial charge in [0.2, 0.25) is 10.0 Å². The molecule has 1 atom stereocenters. The largest absolute Gasteiger partial charge is 0.315 e. The van der Waals surface area contributed by atoms with Crippen LogP contribution in [0.1, 0.15) is 11.8 Å². The summed E-state index contributed by atoms with van der Waals surface area (Å²) in [5.41, 5.74) is 0. The van der Waals surface area contributed by atoms with E-state index in [-0.39, 0.29) is 23.3 Å². The smallest absolute Gasteiger partial charge is 0.240 e. The number of sulfonamides is 1. The zero-order chi connectivity index (χ0) is 17.7. The van der Waals surface area contributed by atoms with Gasteiger partial charge in [0, 0.05) is 41.8 Å². The van der Waals surface area contributed by atoms with E-state index >= 15 is 0 Å². The molecule has 0 saturated carbocycles. The maximum absolute atomic E-state index is 12.6. The summed E-state index contributed by atoms with van der Waals surface area (Å²) >= 11 is 1.73. The fraction of sp³-hybridized carbons (Fsp3) is 0.278. The molecule has 2 N–H and O–H groups in total. The number of thiophene rings is 1. The quantitative estimate of drug-likeness (QED) is 0.558. The predicted octanol–water partition coefficient (Wildman–Crippen LogP) is 3.22. The van der Waals surface area contributed by atoms with Crippen molar-refractivity contribution >= 4 is 44.5 Å². The van der Waals surface area contributed by atoms with Gasteiger partial charge in [0.05, 0.1) is 4.90 Å². The van der Waals surface area contributed by atoms with Crippen molar-refractivity contribution in [3.63, 3.8) is 0 Å². The highest BCUT2D eigenvalue weighted by Gasteiger charge is 2.17. The van der Waals surface area contributed by atoms with Crippen molar-refractivity contribution in [1.29, 1.82) is 0 Å². The van der Waals surface area contributed by atoms with Gasteiger partial charge in [-0.05, 0) is 48.4 Å². The van der Waals surface area contributed by atoms with Crippen molar-refractivity contribution in [3.05, 3.63) is 59.0 Å². The third-order valence-electron chi connectivity index (χ3n) is 3.86. The average Bonchev–Trinajstić information content (AvgIpc) is 3.11. The Hall–Kier alpha value is -1.51. The van der Waals surface area contributed by atoms with Gasteiger partial charge in [0.15, 0.2) is 0 Å². The van der Waals surface area contributed by atoms with E-state index in [1.165, 1.54) is 4.88 Å². The van der Waals surface area contributed by atoms with Gasteiger partial charge in [0.1, 0.15) is 0 Å². The molecule has 0 bridgehead atoms. The molecule has 0 saturated heterocycles. The van der Waals surface area contributed by atoms with Crippen LogP contribution in [0.5, 0.6) is 0 Å². The van der Waals surface area contributed by atoms with Crippen LogP contribution >= 0.6 is 23.7 Å². The van der Waals surface area contributed by atoms with Crippen LogP contribution in [-0.2, 0) is 16.4 Å². The van der Waals surface area contributed by atoms with Gasteiger partial charge in [-0.3, -0.25) is 4.98 Å². The lowest BCUT2D eigenvalue weighted by Crippen LogP contribution is -2.40. The third kappa shape index (κ3) is 5.49. The summed E-state index contributed by atoms with van der Waals surface area (Å²) in [5, 5.41) is 7.14. The van der Waals surface area contributed by atoms with Gasteiger partial charge in [-0.2, -0.15) is 0 Å². The van der Waals surface area contributed by atoms with Crippen molar-refractivity contribution < 1.29 is 8.42 Å². The Bertz CT molecular complexity index is 931. The summed E-state index contributed by atoms with van der Waals surface area (Å²) in [4.78, 5) is 5.64. The second-order valence-electron chi connectivity index (χ2n) is 5.94. The fourth-order valence-corrected chi connectivity index (χ4v) is 4.58. The Balaban J connectivity index is 0.00000243. The summed E-state index contributed by atoms with van der Waals surface area (Å²) in [7, 11) is -3.54. The van der Waals surface area contributed by atoms with Gasteiger partial charge >= 0.3 is 0 Å². The number of hydrogen-bond donors (Lipinski definition) is 2. The first kappa shape index (κ1) is 20.8. The van der Waals surface area contributed by atoms with Crippen LogP contribution in [0.4, 0.5) is 0 Å². The fourth-order valence-electron chi connectivity index (χ4n) is 2.59. The highest BCUT2D eigenvalue weighted by Crippen LogP contribution is 2.18. The summed E-state index contributed by atoms with van der Waals surface area (Å²) in [6.07, 6.45) is 4.33. The Morgan fingerprint density at radius 1 is 1.19 bits per heavy atom. The maximum Gasteiger partial charge on any atom is 0.240 e. The molecule has 0 spiro atoms. The van der Waals surface area contributed by atoms with Crippen LogP contribution in [0.2, 0.25) is 0 Å². The average molecular weight is 412 g/mol. The molecular weight excluding hydrogens is 390 g/mol. The number of fused-ring (bicyclic) bond motifs is 1. The molecule has 5 nitrogen and oxygen atoms in total. The van der Waals surface area contributed by atoms with E-state index < -0.39 is 10.0 Å². The number of nitrogens with zero attached hydrogens (tertiary/aromatic N) is 1. The molecule has 0 radical (unpaired) electrons. The van der Waals surface area contributed by atoms with Gasteiger partial charge in [-0.1, -0.05) is 12.1 Å². The van der Waals surface area contributed by atoms with Crippen LogP contribution in [0.3, 0.4) is 0 Å². The molecular formula is C18H22ClN3O2S2. The molecule has 0 aliphatic carbocycles. The van der Waals surface area contributed by atoms with Crippen LogP contribution in [-0.4, -0.2) is 32.5 Å². The number of halogens is 1. The summed E-state index contributed by atoms with van der Waals surface area (Å²) in [6.45, 7) is 3.28. The van der Waals surface area contributed by atoms with Gasteiger partial charge in [-0.25, -0.2) is 13.1 Å². The second-order valence-corrected chi connectivity index (χ2v) is 8.69. The van der Waals surface area contributed by atoms with Crippen molar-refractivity contribution in [1.82, 2.24) is 15.0 Å². The Morgan fingerprint density at radius 2 is 2.04 bits per heavy atom. The highest BCUT2D eigenvalue weighted by molar-refractivity contribution is 7.89. The Kier molecular flexibility index (Phi) is 7.55. The van der Waals surface area contributed by atoms with Crippen molar-refractivity contribution in [2.24, 2.45) is 0 Å². The standard InChI is InChI=1S/C18H21N3O2S2.ClH/c1-14(12-19-9-7-17-3-2-10-24-17)21-25(22,23)18-5-4-16-13-20-8-6-15(16)11-18;/h2-6,8,10-11,13-14,19,21H,7,9,12H2,1H3;1H. The predicted molar refractivity (Wildman–Crippen MR) is 110 cm³/mol. The maximum atomic E-state index is 12.6. The lowest BCUT2D eigenvalue weighted by Gasteiger charge is -2.15. The van der Waals surface area contributed by atoms with E-state index in [0.717, 1.165) is 23.7 Å². The molecule has 1 aromatic carbocycles. The monoisotopic (exact) mass is 411 g/mol. The number of benzene rings is 1. The molecule has 3 aromatic rings. The van der Waals surface area contributed by atoms with Gasteiger partial charge in [-0.15, -0.1) is 23.7 Å². The minimum atomic E-state index is -3.54. The van der Waals surface area contributed by atoms with Crippen LogP contribution < -0.4 is 10.0 Å². The van der Waals surface area contributed by atoms with Gasteiger partial charge in [0.25, 0.3) is 0 Å². The first-order valence-corrected chi connectivity index (χ1v) is 10.5. The number of rotatable bonds is 8. The topological polar surface area (TPSA) is 71.1 Å². The minimum Gasteiger partial charge on any atom is -0.315 e. The van der Waals surface area contributed by atoms with Gasteiger partial charge < -0.3 is 5.32 Å². The number of aromatic nitrogens is 1. The lowest BCUT2D eigenvalue weighted by molar-refractivity contribution is 0.538. The second kappa shape index (κ2) is 9.43. The van der Waals surface area contributed by atoms with E-state index in [4.69, 9.17) is 0 Å². The summed E-state index contributed by atoms with van der Waals surface area (Å²) < 4.78 is 27.8. The number of pyridine rings is 1. The van der Waals surface area contributed by atoms with Crippen molar-refractivity contribution in [3.8, 4) is 0 Å².